The third kappa shape index (κ3) is 4.69. The topological polar surface area (TPSA) is 30.5 Å². The largest absolute Gasteiger partial charge is 0.432 e. The Bertz CT molecular complexity index is 449. The summed E-state index contributed by atoms with van der Waals surface area (Å²) in [5.41, 5.74) is 2.29. The Morgan fingerprint density at radius 2 is 2.00 bits per heavy atom. The second-order valence-corrected chi connectivity index (χ2v) is 7.70. The lowest BCUT2D eigenvalue weighted by Crippen LogP contribution is -2.23. The summed E-state index contributed by atoms with van der Waals surface area (Å²) < 4.78 is 11.6. The third-order valence-electron chi connectivity index (χ3n) is 2.26. The van der Waals surface area contributed by atoms with Crippen molar-refractivity contribution in [3.05, 3.63) is 29.3 Å². The quantitative estimate of drug-likeness (QED) is 0.803. The summed E-state index contributed by atoms with van der Waals surface area (Å²) in [6.07, 6.45) is 0. The SMILES string of the molecule is CCOP(=S)(NC(C)C)Oc1ccc(C)cc1C. The Labute approximate surface area is 115 Å². The molecule has 1 N–H and O–H groups in total. The van der Waals surface area contributed by atoms with Crippen molar-refractivity contribution in [1.29, 1.82) is 0 Å². The van der Waals surface area contributed by atoms with E-state index >= 15 is 0 Å². The molecule has 0 saturated carbocycles. The van der Waals surface area contributed by atoms with E-state index in [0.717, 1.165) is 11.3 Å². The van der Waals surface area contributed by atoms with E-state index in [2.05, 4.69) is 18.1 Å². The highest BCUT2D eigenvalue weighted by atomic mass is 32.5. The molecular formula is C13H22NO2PS. The van der Waals surface area contributed by atoms with Crippen LogP contribution in [0.2, 0.25) is 0 Å². The Morgan fingerprint density at radius 3 is 2.50 bits per heavy atom. The summed E-state index contributed by atoms with van der Waals surface area (Å²) in [4.78, 5) is 0. The molecule has 102 valence electrons. The number of benzene rings is 1. The molecule has 0 aliphatic carbocycles. The average Bonchev–Trinajstić information content (AvgIpc) is 2.21. The highest BCUT2D eigenvalue weighted by Gasteiger charge is 2.21. The molecule has 1 aromatic rings. The fourth-order valence-corrected chi connectivity index (χ4v) is 4.41. The fourth-order valence-electron chi connectivity index (χ4n) is 1.61. The highest BCUT2D eigenvalue weighted by molar-refractivity contribution is 8.09. The monoisotopic (exact) mass is 287 g/mol. The molecule has 1 atom stereocenters. The van der Waals surface area contributed by atoms with E-state index in [1.54, 1.807) is 0 Å². The molecule has 5 heteroatoms. The van der Waals surface area contributed by atoms with Crippen LogP contribution in [0.15, 0.2) is 18.2 Å². The van der Waals surface area contributed by atoms with Gasteiger partial charge in [-0.1, -0.05) is 17.7 Å². The second-order valence-electron chi connectivity index (χ2n) is 4.56. The maximum atomic E-state index is 5.93. The molecule has 1 unspecified atom stereocenters. The molecule has 1 aromatic carbocycles. The second kappa shape index (κ2) is 6.67. The molecule has 3 nitrogen and oxygen atoms in total. The number of hydrogen-bond acceptors (Lipinski definition) is 3. The number of nitrogens with one attached hydrogen (secondary N) is 1. The first kappa shape index (κ1) is 15.6. The normalized spacial score (nSPS) is 14.6. The minimum Gasteiger partial charge on any atom is -0.432 e. The van der Waals surface area contributed by atoms with Crippen LogP contribution in [0.1, 0.15) is 31.9 Å². The maximum absolute atomic E-state index is 5.93. The van der Waals surface area contributed by atoms with Gasteiger partial charge in [0.25, 0.3) is 0 Å². The zero-order valence-corrected chi connectivity index (χ0v) is 13.4. The minimum absolute atomic E-state index is 0.230. The van der Waals surface area contributed by atoms with E-state index in [9.17, 15) is 0 Å². The van der Waals surface area contributed by atoms with Crippen LogP contribution in [-0.2, 0) is 16.3 Å². The Morgan fingerprint density at radius 1 is 1.33 bits per heavy atom. The first-order valence-electron chi connectivity index (χ1n) is 6.15. The van der Waals surface area contributed by atoms with Crippen molar-refractivity contribution in [2.24, 2.45) is 0 Å². The van der Waals surface area contributed by atoms with Crippen LogP contribution < -0.4 is 9.61 Å². The fraction of sp³-hybridized carbons (Fsp3) is 0.538. The molecule has 0 spiro atoms. The molecule has 0 fully saturated rings. The van der Waals surface area contributed by atoms with Gasteiger partial charge in [0.2, 0.25) is 0 Å². The average molecular weight is 287 g/mol. The summed E-state index contributed by atoms with van der Waals surface area (Å²) in [5.74, 6) is 0.797. The summed E-state index contributed by atoms with van der Waals surface area (Å²) in [7, 11) is 0. The van der Waals surface area contributed by atoms with Crippen LogP contribution in [-0.4, -0.2) is 12.6 Å². The van der Waals surface area contributed by atoms with Gasteiger partial charge in [-0.05, 0) is 58.1 Å². The third-order valence-corrected chi connectivity index (χ3v) is 4.99. The van der Waals surface area contributed by atoms with Gasteiger partial charge in [0.15, 0.2) is 0 Å². The van der Waals surface area contributed by atoms with Gasteiger partial charge in [-0.3, -0.25) is 0 Å². The summed E-state index contributed by atoms with van der Waals surface area (Å²) in [5, 5.41) is 3.23. The van der Waals surface area contributed by atoms with Crippen molar-refractivity contribution in [3.8, 4) is 5.75 Å². The van der Waals surface area contributed by atoms with E-state index < -0.39 is 6.64 Å². The first-order valence-corrected chi connectivity index (χ1v) is 8.79. The van der Waals surface area contributed by atoms with E-state index in [0.29, 0.717) is 6.61 Å². The van der Waals surface area contributed by atoms with Crippen LogP contribution in [0, 0.1) is 13.8 Å². The minimum atomic E-state index is -2.46. The molecule has 1 rings (SSSR count). The van der Waals surface area contributed by atoms with Crippen LogP contribution in [0.4, 0.5) is 0 Å². The van der Waals surface area contributed by atoms with Gasteiger partial charge in [-0.2, -0.15) is 0 Å². The first-order chi connectivity index (χ1) is 8.36. The molecule has 0 bridgehead atoms. The molecule has 0 saturated heterocycles. The van der Waals surface area contributed by atoms with E-state index in [4.69, 9.17) is 20.9 Å². The van der Waals surface area contributed by atoms with Gasteiger partial charge in [0.05, 0.1) is 6.61 Å². The number of aryl methyl sites for hydroxylation is 2. The van der Waals surface area contributed by atoms with Crippen LogP contribution in [0.3, 0.4) is 0 Å². The number of hydrogen-bond donors (Lipinski definition) is 1. The van der Waals surface area contributed by atoms with Crippen molar-refractivity contribution in [2.75, 3.05) is 6.61 Å². The Kier molecular flexibility index (Phi) is 5.80. The molecule has 0 radical (unpaired) electrons. The van der Waals surface area contributed by atoms with E-state index in [-0.39, 0.29) is 6.04 Å². The molecular weight excluding hydrogens is 265 g/mol. The molecule has 0 aliphatic heterocycles. The Hall–Kier alpha value is -0.410. The number of rotatable bonds is 6. The maximum Gasteiger partial charge on any atom is 0.313 e. The van der Waals surface area contributed by atoms with Crippen molar-refractivity contribution < 1.29 is 9.05 Å². The van der Waals surface area contributed by atoms with E-state index in [1.807, 2.05) is 39.8 Å². The summed E-state index contributed by atoms with van der Waals surface area (Å²) in [6, 6.07) is 6.28. The van der Waals surface area contributed by atoms with Crippen molar-refractivity contribution in [2.45, 2.75) is 40.7 Å². The smallest absolute Gasteiger partial charge is 0.313 e. The summed E-state index contributed by atoms with van der Waals surface area (Å²) in [6.45, 7) is 8.15. The van der Waals surface area contributed by atoms with Crippen molar-refractivity contribution >= 4 is 18.4 Å². The van der Waals surface area contributed by atoms with Gasteiger partial charge in [-0.15, -0.1) is 0 Å². The van der Waals surface area contributed by atoms with Crippen LogP contribution in [0.25, 0.3) is 0 Å². The molecule has 18 heavy (non-hydrogen) atoms. The molecule has 0 amide bonds. The van der Waals surface area contributed by atoms with Crippen molar-refractivity contribution in [1.82, 2.24) is 5.09 Å². The highest BCUT2D eigenvalue weighted by Crippen LogP contribution is 2.45. The lowest BCUT2D eigenvalue weighted by Gasteiger charge is -2.25. The lowest BCUT2D eigenvalue weighted by molar-refractivity contribution is 0.319. The zero-order valence-electron chi connectivity index (χ0n) is 11.7. The Balaban J connectivity index is 2.92. The van der Waals surface area contributed by atoms with Gasteiger partial charge in [-0.25, -0.2) is 5.09 Å². The van der Waals surface area contributed by atoms with Gasteiger partial charge in [0, 0.05) is 6.04 Å². The predicted molar refractivity (Wildman–Crippen MR) is 80.7 cm³/mol. The van der Waals surface area contributed by atoms with E-state index in [1.165, 1.54) is 5.56 Å². The van der Waals surface area contributed by atoms with Gasteiger partial charge >= 0.3 is 6.64 Å². The molecule has 0 aliphatic rings. The molecule has 0 aromatic heterocycles. The standard InChI is InChI=1S/C13H22NO2PS/c1-6-15-17(18,14-10(2)3)16-13-8-7-11(4)9-12(13)5/h7-10H,6H2,1-5H3,(H,14,18). The summed E-state index contributed by atoms with van der Waals surface area (Å²) >= 11 is 5.51. The van der Waals surface area contributed by atoms with Gasteiger partial charge < -0.3 is 9.05 Å². The van der Waals surface area contributed by atoms with Gasteiger partial charge in [0.1, 0.15) is 5.75 Å². The van der Waals surface area contributed by atoms with Crippen LogP contribution >= 0.6 is 6.64 Å². The van der Waals surface area contributed by atoms with Crippen molar-refractivity contribution in [3.63, 3.8) is 0 Å². The molecule has 0 heterocycles. The predicted octanol–water partition coefficient (Wildman–Crippen LogP) is 3.94. The lowest BCUT2D eigenvalue weighted by atomic mass is 10.1. The zero-order chi connectivity index (χ0) is 13.8. The van der Waals surface area contributed by atoms with Crippen LogP contribution in [0.5, 0.6) is 5.75 Å².